The first-order chi connectivity index (χ1) is 18.3. The highest BCUT2D eigenvalue weighted by atomic mass is 79.9. The zero-order valence-electron chi connectivity index (χ0n) is 19.7. The largest absolute Gasteiger partial charge is 0.462 e. The molecule has 1 saturated heterocycles. The van der Waals surface area contributed by atoms with E-state index in [4.69, 9.17) is 9.47 Å². The number of alkyl halides is 1. The number of fused-ring (bicyclic) bond motifs is 1. The molecule has 2 aromatic rings. The fraction of sp³-hybridized carbons (Fsp3) is 0.333. The van der Waals surface area contributed by atoms with E-state index in [9.17, 15) is 29.3 Å². The molecule has 0 saturated carbocycles. The van der Waals surface area contributed by atoms with Gasteiger partial charge in [-0.1, -0.05) is 15.9 Å². The summed E-state index contributed by atoms with van der Waals surface area (Å²) >= 11 is 5.86. The van der Waals surface area contributed by atoms with Crippen LogP contribution in [-0.4, -0.2) is 63.0 Å². The zero-order chi connectivity index (χ0) is 27.2. The summed E-state index contributed by atoms with van der Waals surface area (Å²) in [6, 6.07) is 5.07. The number of halogens is 1. The van der Waals surface area contributed by atoms with Gasteiger partial charge in [0.05, 0.1) is 23.5 Å². The van der Waals surface area contributed by atoms with Crippen molar-refractivity contribution in [3.63, 3.8) is 0 Å². The molecule has 1 aromatic carbocycles. The lowest BCUT2D eigenvalue weighted by Crippen LogP contribution is -2.74. The third-order valence-electron chi connectivity index (χ3n) is 5.75. The SMILES string of the molecule is O=C(Cc1ccsc1)NC1C(=O)N2C(C(=O)OCc3ccc([N+](=O)[O-])cc3)C(C(=O)OCCCBr)=CS[C@@H]12. The third-order valence-corrected chi connectivity index (χ3v) is 8.21. The fourth-order valence-corrected chi connectivity index (χ4v) is 5.96. The summed E-state index contributed by atoms with van der Waals surface area (Å²) < 4.78 is 10.7. The Hall–Kier alpha value is -3.23. The maximum absolute atomic E-state index is 13.2. The number of thioether (sulfide) groups is 1. The van der Waals surface area contributed by atoms with Gasteiger partial charge in [0.1, 0.15) is 18.0 Å². The van der Waals surface area contributed by atoms with Gasteiger partial charge in [-0.25, -0.2) is 9.59 Å². The molecule has 1 fully saturated rings. The highest BCUT2D eigenvalue weighted by Gasteiger charge is 2.57. The molecule has 0 bridgehead atoms. The number of nitro groups is 1. The van der Waals surface area contributed by atoms with Crippen LogP contribution in [0.15, 0.2) is 52.1 Å². The molecule has 1 aromatic heterocycles. The Bertz CT molecular complexity index is 1250. The number of benzene rings is 1. The standard InChI is InChI=1S/C24H22BrN3O8S2/c25-7-1-8-35-23(31)17-13-38-22-19(26-18(29)10-15-6-9-37-12-15)21(30)27(22)20(17)24(32)36-11-14-2-4-16(5-3-14)28(33)34/h2-6,9,12-13,19-20,22H,1,7-8,10-11H2,(H,26,29)/t19?,20?,22-/m0/s1. The Kier molecular flexibility index (Phi) is 9.17. The number of carbonyl (C=O) groups excluding carboxylic acids is 4. The van der Waals surface area contributed by atoms with E-state index in [0.717, 1.165) is 17.3 Å². The molecule has 3 atom stereocenters. The van der Waals surface area contributed by atoms with Crippen molar-refractivity contribution in [2.75, 3.05) is 11.9 Å². The molecule has 14 heteroatoms. The molecule has 200 valence electrons. The molecule has 2 aliphatic heterocycles. The molecular weight excluding hydrogens is 602 g/mol. The van der Waals surface area contributed by atoms with Crippen LogP contribution >= 0.6 is 39.0 Å². The molecule has 2 amide bonds. The number of nitro benzene ring substituents is 1. The van der Waals surface area contributed by atoms with Crippen LogP contribution in [0.4, 0.5) is 5.69 Å². The average Bonchev–Trinajstić information content (AvgIpc) is 3.42. The van der Waals surface area contributed by atoms with E-state index in [0.29, 0.717) is 17.3 Å². The van der Waals surface area contributed by atoms with Crippen LogP contribution < -0.4 is 5.32 Å². The predicted octanol–water partition coefficient (Wildman–Crippen LogP) is 2.92. The Morgan fingerprint density at radius 1 is 1.13 bits per heavy atom. The zero-order valence-corrected chi connectivity index (χ0v) is 23.0. The maximum atomic E-state index is 13.2. The van der Waals surface area contributed by atoms with Crippen LogP contribution in [0.3, 0.4) is 0 Å². The summed E-state index contributed by atoms with van der Waals surface area (Å²) in [5.41, 5.74) is 1.17. The Morgan fingerprint density at radius 2 is 1.89 bits per heavy atom. The molecule has 2 unspecified atom stereocenters. The number of non-ortho nitro benzene ring substituents is 1. The molecule has 0 aliphatic carbocycles. The number of rotatable bonds is 11. The number of nitrogens with one attached hydrogen (secondary N) is 1. The van der Waals surface area contributed by atoms with Crippen LogP contribution in [0.2, 0.25) is 0 Å². The van der Waals surface area contributed by atoms with Gasteiger partial charge in [0, 0.05) is 17.5 Å². The van der Waals surface area contributed by atoms with Gasteiger partial charge in [-0.2, -0.15) is 11.3 Å². The van der Waals surface area contributed by atoms with Crippen molar-refractivity contribution >= 4 is 68.5 Å². The van der Waals surface area contributed by atoms with Crippen molar-refractivity contribution < 1.29 is 33.6 Å². The van der Waals surface area contributed by atoms with Gasteiger partial charge in [-0.05, 0) is 51.9 Å². The number of β-lactam (4-membered cyclic amide) rings is 1. The van der Waals surface area contributed by atoms with Crippen molar-refractivity contribution in [2.45, 2.75) is 36.9 Å². The molecule has 0 spiro atoms. The van der Waals surface area contributed by atoms with E-state index in [1.165, 1.54) is 45.9 Å². The molecule has 38 heavy (non-hydrogen) atoms. The van der Waals surface area contributed by atoms with Crippen LogP contribution in [0.1, 0.15) is 17.5 Å². The summed E-state index contributed by atoms with van der Waals surface area (Å²) in [7, 11) is 0. The number of amides is 2. The van der Waals surface area contributed by atoms with Crippen molar-refractivity contribution in [3.05, 3.63) is 73.3 Å². The second-order valence-electron chi connectivity index (χ2n) is 8.31. The minimum absolute atomic E-state index is 0.0362. The maximum Gasteiger partial charge on any atom is 0.337 e. The summed E-state index contributed by atoms with van der Waals surface area (Å²) in [5, 5.41) is 18.8. The highest BCUT2D eigenvalue weighted by Crippen LogP contribution is 2.41. The number of hydrogen-bond donors (Lipinski definition) is 1. The number of esters is 2. The smallest absolute Gasteiger partial charge is 0.337 e. The van der Waals surface area contributed by atoms with Gasteiger partial charge in [-0.3, -0.25) is 19.7 Å². The lowest BCUT2D eigenvalue weighted by atomic mass is 9.97. The van der Waals surface area contributed by atoms with Crippen LogP contribution in [0, 0.1) is 10.1 Å². The number of thiophene rings is 1. The van der Waals surface area contributed by atoms with E-state index in [1.807, 2.05) is 16.8 Å². The summed E-state index contributed by atoms with van der Waals surface area (Å²) in [6.45, 7) is -0.102. The van der Waals surface area contributed by atoms with Gasteiger partial charge in [0.15, 0.2) is 6.04 Å². The molecule has 1 N–H and O–H groups in total. The van der Waals surface area contributed by atoms with Gasteiger partial charge < -0.3 is 19.7 Å². The van der Waals surface area contributed by atoms with E-state index < -0.39 is 40.2 Å². The average molecular weight is 624 g/mol. The second-order valence-corrected chi connectivity index (χ2v) is 10.9. The van der Waals surface area contributed by atoms with Crippen molar-refractivity contribution in [3.8, 4) is 0 Å². The van der Waals surface area contributed by atoms with Gasteiger partial charge in [0.25, 0.3) is 5.69 Å². The molecule has 11 nitrogen and oxygen atoms in total. The van der Waals surface area contributed by atoms with E-state index >= 15 is 0 Å². The summed E-state index contributed by atoms with van der Waals surface area (Å²) in [5.74, 6) is -2.44. The fourth-order valence-electron chi connectivity index (χ4n) is 3.85. The Labute approximate surface area is 233 Å². The summed E-state index contributed by atoms with van der Waals surface area (Å²) in [4.78, 5) is 63.1. The Balaban J connectivity index is 1.47. The van der Waals surface area contributed by atoms with E-state index in [2.05, 4.69) is 21.2 Å². The van der Waals surface area contributed by atoms with Gasteiger partial charge in [0.2, 0.25) is 11.8 Å². The number of carbonyl (C=O) groups is 4. The molecule has 2 aliphatic rings. The topological polar surface area (TPSA) is 145 Å². The van der Waals surface area contributed by atoms with Crippen LogP contribution in [0.25, 0.3) is 0 Å². The normalized spacial score (nSPS) is 20.0. The molecule has 4 rings (SSSR count). The molecule has 0 radical (unpaired) electrons. The van der Waals surface area contributed by atoms with E-state index in [1.54, 1.807) is 0 Å². The lowest BCUT2D eigenvalue weighted by Gasteiger charge is -2.51. The highest BCUT2D eigenvalue weighted by molar-refractivity contribution is 9.09. The van der Waals surface area contributed by atoms with Gasteiger partial charge in [-0.15, -0.1) is 11.8 Å². The molecular formula is C24H22BrN3O8S2. The first-order valence-electron chi connectivity index (χ1n) is 11.4. The van der Waals surface area contributed by atoms with Crippen LogP contribution in [-0.2, 0) is 41.7 Å². The van der Waals surface area contributed by atoms with Crippen molar-refractivity contribution in [2.24, 2.45) is 0 Å². The second kappa shape index (κ2) is 12.5. The quantitative estimate of drug-likeness (QED) is 0.0996. The number of hydrogen-bond acceptors (Lipinski definition) is 10. The number of nitrogens with zero attached hydrogens (tertiary/aromatic N) is 2. The Morgan fingerprint density at radius 3 is 2.55 bits per heavy atom. The van der Waals surface area contributed by atoms with Crippen molar-refractivity contribution in [1.82, 2.24) is 10.2 Å². The first-order valence-corrected chi connectivity index (χ1v) is 14.4. The minimum atomic E-state index is -1.35. The first kappa shape index (κ1) is 27.8. The van der Waals surface area contributed by atoms with Crippen molar-refractivity contribution in [1.29, 1.82) is 0 Å². The molecule has 3 heterocycles. The lowest BCUT2D eigenvalue weighted by molar-refractivity contribution is -0.384. The predicted molar refractivity (Wildman–Crippen MR) is 142 cm³/mol. The number of ether oxygens (including phenoxy) is 2. The third kappa shape index (κ3) is 6.25. The van der Waals surface area contributed by atoms with Crippen LogP contribution in [0.5, 0.6) is 0 Å². The van der Waals surface area contributed by atoms with Gasteiger partial charge >= 0.3 is 11.9 Å². The monoisotopic (exact) mass is 623 g/mol. The van der Waals surface area contributed by atoms with E-state index in [-0.39, 0.29) is 36.8 Å². The summed E-state index contributed by atoms with van der Waals surface area (Å²) in [6.07, 6.45) is 0.678. The minimum Gasteiger partial charge on any atom is -0.462 e.